The molecule has 0 spiro atoms. The van der Waals surface area contributed by atoms with Gasteiger partial charge in [0, 0.05) is 23.4 Å². The molecule has 0 amide bonds. The van der Waals surface area contributed by atoms with E-state index < -0.39 is 0 Å². The number of aliphatic hydroxyl groups excluding tert-OH is 1. The highest BCUT2D eigenvalue weighted by Crippen LogP contribution is 2.50. The molecule has 1 heterocycles. The van der Waals surface area contributed by atoms with Gasteiger partial charge < -0.3 is 5.11 Å². The lowest BCUT2D eigenvalue weighted by atomic mass is 9.61. The van der Waals surface area contributed by atoms with Crippen LogP contribution in [-0.4, -0.2) is 22.0 Å². The number of ketones is 1. The number of carbonyl (C=O) groups is 1. The summed E-state index contributed by atoms with van der Waals surface area (Å²) >= 11 is 0. The Balaban J connectivity index is 2.05. The quantitative estimate of drug-likeness (QED) is 0.804. The summed E-state index contributed by atoms with van der Waals surface area (Å²) in [6, 6.07) is 3.79. The fourth-order valence-corrected chi connectivity index (χ4v) is 3.75. The summed E-state index contributed by atoms with van der Waals surface area (Å²) < 4.78 is 0. The first kappa shape index (κ1) is 14.2. The van der Waals surface area contributed by atoms with Crippen LogP contribution in [0.1, 0.15) is 45.1 Å². The molecule has 3 nitrogen and oxygen atoms in total. The van der Waals surface area contributed by atoms with Gasteiger partial charge in [0.15, 0.2) is 5.78 Å². The van der Waals surface area contributed by atoms with E-state index in [1.165, 1.54) is 0 Å². The lowest BCUT2D eigenvalue weighted by Gasteiger charge is -2.45. The fraction of sp³-hybridized carbons (Fsp3) is 0.444. The van der Waals surface area contributed by atoms with Crippen molar-refractivity contribution in [3.05, 3.63) is 46.8 Å². The van der Waals surface area contributed by atoms with Crippen LogP contribution in [0.15, 0.2) is 41.2 Å². The minimum Gasteiger partial charge on any atom is -0.392 e. The van der Waals surface area contributed by atoms with Gasteiger partial charge in [-0.05, 0) is 62.0 Å². The van der Waals surface area contributed by atoms with E-state index in [-0.39, 0.29) is 17.3 Å². The predicted octanol–water partition coefficient (Wildman–Crippen LogP) is 3.31. The van der Waals surface area contributed by atoms with E-state index in [9.17, 15) is 9.90 Å². The Morgan fingerprint density at radius 1 is 1.38 bits per heavy atom. The standard InChI is InChI=1S/C18H21NO2/c1-12-15-4-3-5-16(20)18(15,2)11-14(17(12)21)10-13-6-8-19-9-7-13/h6-10,16,20H,3-5,11H2,1-2H3/b14-10+/t16-,18-/m0/s1. The van der Waals surface area contributed by atoms with Crippen LogP contribution in [0.2, 0.25) is 0 Å². The molecule has 0 unspecified atom stereocenters. The maximum atomic E-state index is 12.6. The largest absolute Gasteiger partial charge is 0.392 e. The van der Waals surface area contributed by atoms with Gasteiger partial charge in [-0.25, -0.2) is 0 Å². The van der Waals surface area contributed by atoms with Gasteiger partial charge in [0.1, 0.15) is 0 Å². The summed E-state index contributed by atoms with van der Waals surface area (Å²) in [6.07, 6.45) is 8.40. The molecule has 1 saturated carbocycles. The molecule has 3 rings (SSSR count). The van der Waals surface area contributed by atoms with Crippen LogP contribution in [0, 0.1) is 5.41 Å². The minimum absolute atomic E-state index is 0.133. The van der Waals surface area contributed by atoms with E-state index in [0.717, 1.165) is 41.5 Å². The Kier molecular flexibility index (Phi) is 3.54. The summed E-state index contributed by atoms with van der Waals surface area (Å²) in [5.74, 6) is 0.133. The highest BCUT2D eigenvalue weighted by Gasteiger charge is 2.45. The minimum atomic E-state index is -0.356. The molecule has 0 bridgehead atoms. The number of allylic oxidation sites excluding steroid dienone is 2. The summed E-state index contributed by atoms with van der Waals surface area (Å²) in [5, 5.41) is 10.5. The van der Waals surface area contributed by atoms with Crippen molar-refractivity contribution in [3.8, 4) is 0 Å². The Labute approximate surface area is 125 Å². The molecule has 0 saturated heterocycles. The molecule has 0 aromatic carbocycles. The molecule has 1 aromatic rings. The number of pyridine rings is 1. The zero-order chi connectivity index (χ0) is 15.0. The second-order valence-electron chi connectivity index (χ2n) is 6.39. The van der Waals surface area contributed by atoms with Crippen LogP contribution in [0.4, 0.5) is 0 Å². The lowest BCUT2D eigenvalue weighted by Crippen LogP contribution is -2.42. The van der Waals surface area contributed by atoms with Crippen LogP contribution in [-0.2, 0) is 4.79 Å². The summed E-state index contributed by atoms with van der Waals surface area (Å²) in [6.45, 7) is 4.01. The zero-order valence-corrected chi connectivity index (χ0v) is 12.6. The third kappa shape index (κ3) is 2.36. The molecule has 1 fully saturated rings. The van der Waals surface area contributed by atoms with Crippen molar-refractivity contribution in [3.63, 3.8) is 0 Å². The SMILES string of the molecule is CC1=C2CCC[C@H](O)[C@@]2(C)C/C(=C\c2ccncc2)C1=O. The molecular weight excluding hydrogens is 262 g/mol. The van der Waals surface area contributed by atoms with Crippen LogP contribution < -0.4 is 0 Å². The van der Waals surface area contributed by atoms with Crippen molar-refractivity contribution in [2.75, 3.05) is 0 Å². The normalized spacial score (nSPS) is 31.5. The van der Waals surface area contributed by atoms with E-state index in [2.05, 4.69) is 11.9 Å². The molecule has 2 atom stereocenters. The Morgan fingerprint density at radius 3 is 2.81 bits per heavy atom. The molecule has 1 N–H and O–H groups in total. The molecule has 2 aliphatic rings. The van der Waals surface area contributed by atoms with E-state index in [0.29, 0.717) is 6.42 Å². The van der Waals surface area contributed by atoms with Gasteiger partial charge in [0.25, 0.3) is 0 Å². The molecule has 2 aliphatic carbocycles. The number of hydrogen-bond acceptors (Lipinski definition) is 3. The molecule has 110 valence electrons. The second kappa shape index (κ2) is 5.23. The van der Waals surface area contributed by atoms with Crippen molar-refractivity contribution < 1.29 is 9.90 Å². The number of aliphatic hydroxyl groups is 1. The third-order valence-corrected chi connectivity index (χ3v) is 5.02. The highest BCUT2D eigenvalue weighted by atomic mass is 16.3. The average Bonchev–Trinajstić information content (AvgIpc) is 2.48. The van der Waals surface area contributed by atoms with Crippen molar-refractivity contribution in [2.45, 2.75) is 45.6 Å². The molecule has 0 aliphatic heterocycles. The van der Waals surface area contributed by atoms with Gasteiger partial charge in [-0.1, -0.05) is 12.5 Å². The maximum absolute atomic E-state index is 12.6. The molecular formula is C18H21NO2. The van der Waals surface area contributed by atoms with Crippen LogP contribution in [0.3, 0.4) is 0 Å². The van der Waals surface area contributed by atoms with E-state index in [1.807, 2.05) is 25.1 Å². The van der Waals surface area contributed by atoms with Crippen LogP contribution in [0.5, 0.6) is 0 Å². The van der Waals surface area contributed by atoms with Crippen molar-refractivity contribution >= 4 is 11.9 Å². The summed E-state index contributed by atoms with van der Waals surface area (Å²) in [5.41, 5.74) is 3.50. The smallest absolute Gasteiger partial charge is 0.184 e. The summed E-state index contributed by atoms with van der Waals surface area (Å²) in [7, 11) is 0. The van der Waals surface area contributed by atoms with Gasteiger partial charge in [-0.15, -0.1) is 0 Å². The summed E-state index contributed by atoms with van der Waals surface area (Å²) in [4.78, 5) is 16.6. The number of nitrogens with zero attached hydrogens (tertiary/aromatic N) is 1. The van der Waals surface area contributed by atoms with Crippen LogP contribution >= 0.6 is 0 Å². The maximum Gasteiger partial charge on any atom is 0.184 e. The first-order chi connectivity index (χ1) is 10.0. The van der Waals surface area contributed by atoms with E-state index >= 15 is 0 Å². The average molecular weight is 283 g/mol. The number of Topliss-reactive ketones (excluding diaryl/α,β-unsaturated/α-hetero) is 1. The van der Waals surface area contributed by atoms with Gasteiger partial charge in [-0.3, -0.25) is 9.78 Å². The van der Waals surface area contributed by atoms with Crippen molar-refractivity contribution in [1.29, 1.82) is 0 Å². The third-order valence-electron chi connectivity index (χ3n) is 5.02. The Morgan fingerprint density at radius 2 is 2.10 bits per heavy atom. The molecule has 21 heavy (non-hydrogen) atoms. The fourth-order valence-electron chi connectivity index (χ4n) is 3.75. The number of fused-ring (bicyclic) bond motifs is 1. The van der Waals surface area contributed by atoms with Gasteiger partial charge in [-0.2, -0.15) is 0 Å². The number of rotatable bonds is 1. The number of aromatic nitrogens is 1. The topological polar surface area (TPSA) is 50.2 Å². The van der Waals surface area contributed by atoms with Gasteiger partial charge in [0.05, 0.1) is 6.10 Å². The van der Waals surface area contributed by atoms with Gasteiger partial charge >= 0.3 is 0 Å². The van der Waals surface area contributed by atoms with Crippen molar-refractivity contribution in [1.82, 2.24) is 4.98 Å². The Hall–Kier alpha value is -1.74. The highest BCUT2D eigenvalue weighted by molar-refractivity contribution is 6.12. The first-order valence-electron chi connectivity index (χ1n) is 7.56. The van der Waals surface area contributed by atoms with Crippen LogP contribution in [0.25, 0.3) is 6.08 Å². The van der Waals surface area contributed by atoms with Gasteiger partial charge in [0.2, 0.25) is 0 Å². The van der Waals surface area contributed by atoms with Crippen molar-refractivity contribution in [2.24, 2.45) is 5.41 Å². The second-order valence-corrected chi connectivity index (χ2v) is 6.39. The number of carbonyl (C=O) groups excluding carboxylic acids is 1. The van der Waals surface area contributed by atoms with E-state index in [1.54, 1.807) is 12.4 Å². The molecule has 1 aromatic heterocycles. The molecule has 3 heteroatoms. The lowest BCUT2D eigenvalue weighted by molar-refractivity contribution is -0.113. The molecule has 0 radical (unpaired) electrons. The number of hydrogen-bond donors (Lipinski definition) is 1. The Bertz CT molecular complexity index is 630. The zero-order valence-electron chi connectivity index (χ0n) is 12.6. The predicted molar refractivity (Wildman–Crippen MR) is 82.5 cm³/mol. The first-order valence-corrected chi connectivity index (χ1v) is 7.56. The monoisotopic (exact) mass is 283 g/mol. The van der Waals surface area contributed by atoms with E-state index in [4.69, 9.17) is 0 Å².